The van der Waals surface area contributed by atoms with Crippen LogP contribution in [-0.4, -0.2) is 110 Å². The van der Waals surface area contributed by atoms with E-state index in [-0.39, 0.29) is 50.6 Å². The van der Waals surface area contributed by atoms with Gasteiger partial charge in [0.15, 0.2) is 31.0 Å². The zero-order valence-corrected chi connectivity index (χ0v) is 25.2. The number of carbonyl (C=O) groups is 4. The Balaban J connectivity index is 0.00000722. The first-order chi connectivity index (χ1) is 17.2. The van der Waals surface area contributed by atoms with Crippen molar-refractivity contribution < 1.29 is 79.7 Å². The number of ether oxygens (including phenoxy) is 1. The third-order valence-corrected chi connectivity index (χ3v) is 7.19. The molecule has 2 rings (SSSR count). The molecule has 206 valence electrons. The molecular weight excluding hydrogens is 607 g/mol. The maximum Gasteiger partial charge on any atom is 1.00 e. The Bertz CT molecular complexity index is 1300. The number of nitrogens with zero attached hydrogens (tertiary/aromatic N) is 3. The van der Waals surface area contributed by atoms with Gasteiger partial charge in [-0.05, 0) is 0 Å². The molecule has 1 saturated heterocycles. The Hall–Kier alpha value is -2.07. The molecule has 2 heterocycles. The minimum atomic E-state index is -5.32. The number of alkyl carbamates (subject to hydrolysis) is 1. The van der Waals surface area contributed by atoms with Crippen molar-refractivity contribution in [2.45, 2.75) is 12.1 Å². The van der Waals surface area contributed by atoms with Gasteiger partial charge in [-0.2, -0.15) is 0 Å². The second-order valence-corrected chi connectivity index (χ2v) is 11.7. The molecule has 22 heteroatoms. The number of amides is 4. The summed E-state index contributed by atoms with van der Waals surface area (Å²) in [6.45, 7) is -1.16. The van der Waals surface area contributed by atoms with E-state index in [9.17, 15) is 40.6 Å². The molecule has 1 aromatic heterocycles. The molecular formula is C16H20ClN6NaO11S3. The third kappa shape index (κ3) is 9.59. The molecule has 1 fully saturated rings. The molecule has 0 radical (unpaired) electrons. The van der Waals surface area contributed by atoms with Crippen LogP contribution in [0.5, 0.6) is 0 Å². The molecule has 38 heavy (non-hydrogen) atoms. The molecule has 4 amide bonds. The van der Waals surface area contributed by atoms with Crippen molar-refractivity contribution in [2.75, 3.05) is 43.5 Å². The number of oxime groups is 1. The van der Waals surface area contributed by atoms with Crippen LogP contribution in [0.25, 0.3) is 0 Å². The Kier molecular flexibility index (Phi) is 12.8. The fourth-order valence-electron chi connectivity index (χ4n) is 2.78. The van der Waals surface area contributed by atoms with E-state index in [4.69, 9.17) is 11.6 Å². The predicted molar refractivity (Wildman–Crippen MR) is 126 cm³/mol. The average molecular weight is 627 g/mol. The summed E-state index contributed by atoms with van der Waals surface area (Å²) in [4.78, 5) is 57.0. The first-order valence-electron chi connectivity index (χ1n) is 9.79. The Morgan fingerprint density at radius 1 is 1.29 bits per heavy atom. The number of aromatic nitrogens is 1. The Labute approximate surface area is 247 Å². The summed E-state index contributed by atoms with van der Waals surface area (Å²) >= 11 is 6.32. The zero-order chi connectivity index (χ0) is 28.0. The van der Waals surface area contributed by atoms with Crippen molar-refractivity contribution in [1.82, 2.24) is 19.9 Å². The van der Waals surface area contributed by atoms with E-state index in [0.717, 1.165) is 24.7 Å². The monoisotopic (exact) mass is 626 g/mol. The van der Waals surface area contributed by atoms with E-state index in [1.54, 1.807) is 0 Å². The van der Waals surface area contributed by atoms with Gasteiger partial charge >= 0.3 is 35.7 Å². The fraction of sp³-hybridized carbons (Fsp3) is 0.500. The number of nitrogens with one attached hydrogen (secondary N) is 3. The molecule has 2 atom stereocenters. The van der Waals surface area contributed by atoms with Crippen molar-refractivity contribution in [3.63, 3.8) is 0 Å². The largest absolute Gasteiger partial charge is 1.00 e. The molecule has 0 saturated carbocycles. The molecule has 0 aliphatic carbocycles. The molecule has 0 spiro atoms. The van der Waals surface area contributed by atoms with Crippen molar-refractivity contribution in [3.05, 3.63) is 11.1 Å². The van der Waals surface area contributed by atoms with Gasteiger partial charge < -0.3 is 30.1 Å². The van der Waals surface area contributed by atoms with Crippen molar-refractivity contribution in [3.8, 4) is 0 Å². The minimum absolute atomic E-state index is 0. The van der Waals surface area contributed by atoms with Gasteiger partial charge in [-0.3, -0.25) is 14.4 Å². The number of rotatable bonds is 12. The minimum Gasteiger partial charge on any atom is -0.731 e. The molecule has 1 aliphatic heterocycles. The molecule has 17 nitrogen and oxygen atoms in total. The number of sulfone groups is 1. The summed E-state index contributed by atoms with van der Waals surface area (Å²) in [7, 11) is -7.63. The number of β-lactam (4-membered cyclic amide) rings is 1. The van der Waals surface area contributed by atoms with E-state index in [1.807, 2.05) is 0 Å². The van der Waals surface area contributed by atoms with Gasteiger partial charge in [0.1, 0.15) is 31.3 Å². The van der Waals surface area contributed by atoms with Crippen LogP contribution in [0.4, 0.5) is 9.93 Å². The molecule has 3 N–H and O–H groups in total. The van der Waals surface area contributed by atoms with Crippen LogP contribution in [0.15, 0.2) is 10.5 Å². The summed E-state index contributed by atoms with van der Waals surface area (Å²) < 4.78 is 61.2. The Morgan fingerprint density at radius 3 is 2.50 bits per heavy atom. The van der Waals surface area contributed by atoms with Gasteiger partial charge in [-0.25, -0.2) is 30.9 Å². The van der Waals surface area contributed by atoms with Crippen LogP contribution in [0.3, 0.4) is 0 Å². The maximum absolute atomic E-state index is 12.8. The normalized spacial score (nSPS) is 17.5. The van der Waals surface area contributed by atoms with Crippen molar-refractivity contribution in [2.24, 2.45) is 5.16 Å². The molecule has 0 unspecified atom stereocenters. The molecule has 1 aromatic rings. The van der Waals surface area contributed by atoms with Crippen LogP contribution in [0.2, 0.25) is 0 Å². The molecule has 1 aliphatic rings. The maximum atomic E-state index is 12.8. The fourth-order valence-corrected chi connectivity index (χ4v) is 4.80. The summed E-state index contributed by atoms with van der Waals surface area (Å²) in [5.74, 6) is -3.74. The van der Waals surface area contributed by atoms with Crippen LogP contribution in [0, 0.1) is 0 Å². The van der Waals surface area contributed by atoms with E-state index in [1.165, 1.54) is 5.38 Å². The quantitative estimate of drug-likeness (QED) is 0.0491. The van der Waals surface area contributed by atoms with Gasteiger partial charge in [0, 0.05) is 18.2 Å². The molecule has 0 bridgehead atoms. The number of alkyl halides is 1. The van der Waals surface area contributed by atoms with Crippen LogP contribution < -0.4 is 45.5 Å². The van der Waals surface area contributed by atoms with Crippen molar-refractivity contribution >= 4 is 77.7 Å². The Morgan fingerprint density at radius 2 is 1.95 bits per heavy atom. The standard InChI is InChI=1S/C16H21ClN6O11S3.Na/c1-33-22-11(8-7-35-15(19-8)20-10(24)5-17)13(25)21-12-9(23(14(12)26)37(30,31)32)6-18-16(27)34-3-4-36(2,28)29;/h7,9,12H,3-6H2,1-2H3,(H,18,27)(H,21,25)(H,19,20,24)(H,30,31,32);/q;+1/p-1/t9-,12+;/m0./s1. The van der Waals surface area contributed by atoms with Gasteiger partial charge in [0.25, 0.3) is 11.8 Å². The van der Waals surface area contributed by atoms with Gasteiger partial charge in [0.2, 0.25) is 5.91 Å². The van der Waals surface area contributed by atoms with Gasteiger partial charge in [-0.1, -0.05) is 5.16 Å². The SMILES string of the molecule is CON=C(C(=O)N[C@H]1C(=O)N(S(=O)(=O)[O-])[C@H]1CNC(=O)OCCS(C)(=O)=O)c1csc(NC(=O)CCl)n1.[Na+]. The van der Waals surface area contributed by atoms with Gasteiger partial charge in [-0.15, -0.1) is 22.9 Å². The smallest absolute Gasteiger partial charge is 0.731 e. The summed E-state index contributed by atoms with van der Waals surface area (Å²) in [6.07, 6.45) is -0.242. The molecule has 0 aromatic carbocycles. The number of hydrogen-bond acceptors (Lipinski definition) is 14. The topological polar surface area (TPSA) is 243 Å². The number of carbonyl (C=O) groups excluding carboxylic acids is 4. The van der Waals surface area contributed by atoms with Gasteiger partial charge in [0.05, 0.1) is 11.8 Å². The number of hydrogen-bond donors (Lipinski definition) is 3. The van der Waals surface area contributed by atoms with E-state index in [2.05, 4.69) is 35.7 Å². The second-order valence-electron chi connectivity index (χ2n) is 7.10. The zero-order valence-electron chi connectivity index (χ0n) is 20.0. The summed E-state index contributed by atoms with van der Waals surface area (Å²) in [6, 6.07) is -3.14. The van der Waals surface area contributed by atoms with E-state index in [0.29, 0.717) is 0 Å². The summed E-state index contributed by atoms with van der Waals surface area (Å²) in [5.41, 5.74) is -0.549. The van der Waals surface area contributed by atoms with Crippen molar-refractivity contribution in [1.29, 1.82) is 0 Å². The average Bonchev–Trinajstić information content (AvgIpc) is 3.24. The van der Waals surface area contributed by atoms with Crippen LogP contribution in [-0.2, 0) is 44.1 Å². The van der Waals surface area contributed by atoms with Crippen LogP contribution >= 0.6 is 22.9 Å². The third-order valence-electron chi connectivity index (χ3n) is 4.35. The first kappa shape index (κ1) is 34.0. The predicted octanol–water partition coefficient (Wildman–Crippen LogP) is -5.40. The summed E-state index contributed by atoms with van der Waals surface area (Å²) in [5, 5.41) is 11.6. The number of halogens is 1. The number of thiazole rings is 1. The number of anilines is 1. The van der Waals surface area contributed by atoms with Crippen LogP contribution in [0.1, 0.15) is 5.69 Å². The second kappa shape index (κ2) is 14.4. The first-order valence-corrected chi connectivity index (χ1v) is 14.6. The van der Waals surface area contributed by atoms with E-state index >= 15 is 0 Å². The van der Waals surface area contributed by atoms with E-state index < -0.39 is 80.7 Å².